The molecule has 14 nitrogen and oxygen atoms in total. The van der Waals surface area contributed by atoms with Gasteiger partial charge >= 0.3 is 11.9 Å². The van der Waals surface area contributed by atoms with Crippen molar-refractivity contribution in [3.05, 3.63) is 127 Å². The minimum absolute atomic E-state index is 0.0757. The van der Waals surface area contributed by atoms with Gasteiger partial charge in [0.05, 0.1) is 52.0 Å². The van der Waals surface area contributed by atoms with E-state index in [-0.39, 0.29) is 37.2 Å². The average molecular weight is 1070 g/mol. The molecule has 0 saturated heterocycles. The van der Waals surface area contributed by atoms with E-state index in [1.807, 2.05) is 110 Å². The van der Waals surface area contributed by atoms with Crippen molar-refractivity contribution in [2.24, 2.45) is 63.2 Å². The Morgan fingerprint density at radius 2 is 1.06 bits per heavy atom. The molecule has 0 aliphatic rings. The molecule has 0 saturated carbocycles. The highest BCUT2D eigenvalue weighted by Crippen LogP contribution is 2.67. The van der Waals surface area contributed by atoms with Crippen LogP contribution in [0.1, 0.15) is 153 Å². The van der Waals surface area contributed by atoms with Gasteiger partial charge < -0.3 is 19.1 Å². The predicted molar refractivity (Wildman–Crippen MR) is 317 cm³/mol. The van der Waals surface area contributed by atoms with E-state index in [1.165, 1.54) is 6.20 Å². The van der Waals surface area contributed by atoms with Crippen molar-refractivity contribution in [1.82, 2.24) is 4.98 Å². The van der Waals surface area contributed by atoms with Crippen molar-refractivity contribution in [3.63, 3.8) is 0 Å². The number of pyridine rings is 1. The van der Waals surface area contributed by atoms with Gasteiger partial charge in [0, 0.05) is 12.2 Å². The maximum Gasteiger partial charge on any atom is 0.312 e. The zero-order valence-corrected chi connectivity index (χ0v) is 49.7. The lowest BCUT2D eigenvalue weighted by molar-refractivity contribution is -0.196. The number of hydrogen-bond donors (Lipinski definition) is 0. The molecule has 1 heterocycles. The van der Waals surface area contributed by atoms with Crippen LogP contribution >= 0.6 is 0 Å². The Morgan fingerprint density at radius 1 is 0.557 bits per heavy atom. The molecule has 0 N–H and O–H groups in total. The third kappa shape index (κ3) is 15.2. The third-order valence-electron chi connectivity index (χ3n) is 17.6. The zero-order valence-electron chi connectivity index (χ0n) is 49.7. The molecule has 79 heavy (non-hydrogen) atoms. The van der Waals surface area contributed by atoms with Crippen LogP contribution in [0.5, 0.6) is 5.75 Å². The van der Waals surface area contributed by atoms with E-state index < -0.39 is 27.1 Å². The van der Waals surface area contributed by atoms with Gasteiger partial charge in [0.2, 0.25) is 0 Å². The Bertz CT molecular complexity index is 2870. The van der Waals surface area contributed by atoms with Crippen molar-refractivity contribution in [2.45, 2.75) is 148 Å². The lowest BCUT2D eigenvalue weighted by atomic mass is 9.41. The fraction of sp³-hybridized carbons (Fsp3) is 0.508. The maximum atomic E-state index is 15.3. The minimum Gasteiger partial charge on any atom is -0.490 e. The number of aromatic nitrogens is 1. The smallest absolute Gasteiger partial charge is 0.312 e. The largest absolute Gasteiger partial charge is 0.490 e. The van der Waals surface area contributed by atoms with Crippen molar-refractivity contribution in [3.8, 4) is 11.8 Å². The molecular formula is C65H87N9O5. The number of esters is 2. The zero-order chi connectivity index (χ0) is 57.9. The molecule has 4 aromatic carbocycles. The van der Waals surface area contributed by atoms with Crippen LogP contribution in [0.3, 0.4) is 0 Å². The van der Waals surface area contributed by atoms with Crippen LogP contribution in [0.25, 0.3) is 0 Å². The first kappa shape index (κ1) is 62.7. The summed E-state index contributed by atoms with van der Waals surface area (Å²) in [6, 6.07) is 35.7. The topological polar surface area (TPSA) is 176 Å². The van der Waals surface area contributed by atoms with E-state index in [2.05, 4.69) is 131 Å². The fourth-order valence-electron chi connectivity index (χ4n) is 11.7. The highest BCUT2D eigenvalue weighted by atomic mass is 16.6. The SMILES string of the molecule is CCN(CCOC(=O)C(C)(CC(CC)(CC)C(CC)(CC)C(C)(CC(C)(C)CC)C(=O)OCCOc1ccc(N=Nc2ccc(N=Nc3ccccc3)cc2)cc1C)C(C)(C)CC)c1ccc(N=Nc2ccc(C#N)nc2)cc1. The van der Waals surface area contributed by atoms with Crippen LogP contribution in [0.2, 0.25) is 0 Å². The third-order valence-corrected chi connectivity index (χ3v) is 17.6. The molecule has 14 heteroatoms. The first-order valence-corrected chi connectivity index (χ1v) is 28.4. The molecule has 0 amide bonds. The molecule has 0 fully saturated rings. The molecule has 0 radical (unpaired) electrons. The van der Waals surface area contributed by atoms with E-state index in [0.717, 1.165) is 55.5 Å². The number of azo groups is 3. The van der Waals surface area contributed by atoms with E-state index >= 15 is 9.59 Å². The van der Waals surface area contributed by atoms with Gasteiger partial charge in [-0.1, -0.05) is 93.9 Å². The number of nitrogens with zero attached hydrogens (tertiary/aromatic N) is 9. The molecule has 0 bridgehead atoms. The van der Waals surface area contributed by atoms with Crippen LogP contribution < -0.4 is 9.64 Å². The second kappa shape index (κ2) is 28.1. The van der Waals surface area contributed by atoms with Gasteiger partial charge in [-0.25, -0.2) is 4.98 Å². The van der Waals surface area contributed by atoms with E-state index in [9.17, 15) is 0 Å². The molecule has 1 aromatic heterocycles. The predicted octanol–water partition coefficient (Wildman–Crippen LogP) is 18.8. The summed E-state index contributed by atoms with van der Waals surface area (Å²) in [5.74, 6) is 0.225. The first-order chi connectivity index (χ1) is 37.7. The van der Waals surface area contributed by atoms with Crippen molar-refractivity contribution >= 4 is 51.8 Å². The van der Waals surface area contributed by atoms with Gasteiger partial charge in [-0.05, 0) is 191 Å². The fourth-order valence-corrected chi connectivity index (χ4v) is 11.7. The number of benzene rings is 4. The van der Waals surface area contributed by atoms with Gasteiger partial charge in [-0.15, -0.1) is 5.11 Å². The Balaban J connectivity index is 1.31. The number of rotatable bonds is 30. The minimum atomic E-state index is -0.933. The molecule has 5 aromatic rings. The summed E-state index contributed by atoms with van der Waals surface area (Å²) in [6.45, 7) is 32.1. The second-order valence-electron chi connectivity index (χ2n) is 22.7. The summed E-state index contributed by atoms with van der Waals surface area (Å²) in [5.41, 5.74) is 2.75. The van der Waals surface area contributed by atoms with Crippen molar-refractivity contribution < 1.29 is 23.8 Å². The summed E-state index contributed by atoms with van der Waals surface area (Å²) in [7, 11) is 0. The maximum absolute atomic E-state index is 15.3. The normalized spacial score (nSPS) is 14.0. The number of carbonyl (C=O) groups excluding carboxylic acids is 2. The molecule has 0 aliphatic heterocycles. The second-order valence-corrected chi connectivity index (χ2v) is 22.7. The van der Waals surface area contributed by atoms with Crippen molar-refractivity contribution in [2.75, 3.05) is 37.8 Å². The summed E-state index contributed by atoms with van der Waals surface area (Å²) < 4.78 is 19.1. The lowest BCUT2D eigenvalue weighted by Crippen LogP contribution is -2.60. The lowest BCUT2D eigenvalue weighted by Gasteiger charge is -2.62. The number of likely N-dealkylation sites (N-methyl/N-ethyl adjacent to an activating group) is 1. The van der Waals surface area contributed by atoms with Crippen molar-refractivity contribution in [1.29, 1.82) is 5.26 Å². The summed E-state index contributed by atoms with van der Waals surface area (Å²) >= 11 is 0. The summed E-state index contributed by atoms with van der Waals surface area (Å²) in [6.07, 6.45) is 7.28. The summed E-state index contributed by atoms with van der Waals surface area (Å²) in [5, 5.41) is 35.1. The molecule has 2 unspecified atom stereocenters. The number of carbonyl (C=O) groups is 2. The van der Waals surface area contributed by atoms with Gasteiger partial charge in [0.1, 0.15) is 43.0 Å². The average Bonchev–Trinajstić information content (AvgIpc) is 3.64. The van der Waals surface area contributed by atoms with E-state index in [4.69, 9.17) is 19.5 Å². The van der Waals surface area contributed by atoms with Crippen LogP contribution in [0.15, 0.2) is 146 Å². The Hall–Kier alpha value is -7.14. The molecule has 422 valence electrons. The molecule has 5 rings (SSSR count). The van der Waals surface area contributed by atoms with E-state index in [0.29, 0.717) is 65.8 Å². The van der Waals surface area contributed by atoms with Gasteiger partial charge in [0.25, 0.3) is 0 Å². The van der Waals surface area contributed by atoms with Crippen LogP contribution in [-0.2, 0) is 19.1 Å². The van der Waals surface area contributed by atoms with Crippen LogP contribution in [0, 0.1) is 50.7 Å². The molecule has 0 aliphatic carbocycles. The summed E-state index contributed by atoms with van der Waals surface area (Å²) in [4.78, 5) is 36.7. The Morgan fingerprint density at radius 3 is 1.56 bits per heavy atom. The molecule has 2 atom stereocenters. The quantitative estimate of drug-likeness (QED) is 0.0248. The van der Waals surface area contributed by atoms with E-state index in [1.54, 1.807) is 12.1 Å². The number of hydrogen-bond acceptors (Lipinski definition) is 14. The molecule has 0 spiro atoms. The van der Waals surface area contributed by atoms with Gasteiger partial charge in [0.15, 0.2) is 0 Å². The Kier molecular flexibility index (Phi) is 22.3. The van der Waals surface area contributed by atoms with Gasteiger partial charge in [-0.3, -0.25) is 9.59 Å². The van der Waals surface area contributed by atoms with Crippen LogP contribution in [0.4, 0.5) is 39.8 Å². The number of anilines is 1. The highest BCUT2D eigenvalue weighted by Gasteiger charge is 2.65. The first-order valence-electron chi connectivity index (χ1n) is 28.4. The standard InChI is InChI=1S/C65H87N9O5/c1-15-60(9,10)46-63(14,59(76)79-42-41-77-57-38-35-53(43-48(57)8)72-70-51-29-27-50(28-30-51)69-68-49-25-23-22-24-26-49)65(19-5,20-6)64(17-3,18-4)47-62(13,61(11,12)16-2)58(75)78-40-39-74(21-7)56-36-33-52(34-37-56)71-73-55-32-31-54(44-66)67-45-55/h22-38,43,45H,15-21,39-42,46-47H2,1-14H3. The van der Waals surface area contributed by atoms with Gasteiger partial charge in [-0.2, -0.15) is 30.8 Å². The molecular weight excluding hydrogens is 987 g/mol. The monoisotopic (exact) mass is 1070 g/mol. The number of ether oxygens (including phenoxy) is 3. The van der Waals surface area contributed by atoms with Crippen LogP contribution in [-0.4, -0.2) is 49.8 Å². The Labute approximate surface area is 471 Å². The number of aryl methyl sites for hydroxylation is 1. The number of nitriles is 1. The highest BCUT2D eigenvalue weighted by molar-refractivity contribution is 5.79.